The Balaban J connectivity index is 1.53. The molecule has 4 aromatic carbocycles. The third-order valence-electron chi connectivity index (χ3n) is 11.0. The summed E-state index contributed by atoms with van der Waals surface area (Å²) in [5.41, 5.74) is 15.9. The monoisotopic (exact) mass is 522 g/mol. The smallest absolute Gasteiger partial charge is 0.252 e. The molecule has 1 fully saturated rings. The minimum atomic E-state index is 0.0555. The molecule has 0 radical (unpaired) electrons. The molecule has 0 N–H and O–H groups in total. The number of rotatable bonds is 1. The van der Waals surface area contributed by atoms with Crippen molar-refractivity contribution < 1.29 is 0 Å². The van der Waals surface area contributed by atoms with Crippen LogP contribution in [-0.2, 0) is 10.8 Å². The highest BCUT2D eigenvalue weighted by Gasteiger charge is 2.61. The largest absolute Gasteiger partial charge is 0.335 e. The van der Waals surface area contributed by atoms with Gasteiger partial charge in [-0.2, -0.15) is 0 Å². The average molecular weight is 523 g/mol. The lowest BCUT2D eigenvalue weighted by atomic mass is 9.33. The maximum absolute atomic E-state index is 2.84. The van der Waals surface area contributed by atoms with Gasteiger partial charge in [-0.15, -0.1) is 0 Å². The van der Waals surface area contributed by atoms with Crippen molar-refractivity contribution in [3.05, 3.63) is 95.6 Å². The lowest BCUT2D eigenvalue weighted by molar-refractivity contribution is 0.195. The molecule has 40 heavy (non-hydrogen) atoms. The van der Waals surface area contributed by atoms with Crippen molar-refractivity contribution in [1.29, 1.82) is 0 Å². The maximum Gasteiger partial charge on any atom is 0.252 e. The first-order valence-corrected chi connectivity index (χ1v) is 15.2. The fourth-order valence-electron chi connectivity index (χ4n) is 8.71. The molecule has 0 spiro atoms. The summed E-state index contributed by atoms with van der Waals surface area (Å²) in [7, 11) is 0. The fourth-order valence-corrected chi connectivity index (χ4v) is 8.71. The summed E-state index contributed by atoms with van der Waals surface area (Å²) >= 11 is 0. The molecule has 0 saturated heterocycles. The summed E-state index contributed by atoms with van der Waals surface area (Å²) in [4.78, 5) is 5.36. The van der Waals surface area contributed by atoms with E-state index in [0.29, 0.717) is 0 Å². The first-order valence-electron chi connectivity index (χ1n) is 15.2. The lowest BCUT2D eigenvalue weighted by Gasteiger charge is -2.52. The molecule has 4 aliphatic rings. The Labute approximate surface area is 240 Å². The first kappa shape index (κ1) is 24.4. The second-order valence-corrected chi connectivity index (χ2v) is 14.2. The van der Waals surface area contributed by atoms with Gasteiger partial charge < -0.3 is 9.80 Å². The van der Waals surface area contributed by atoms with Gasteiger partial charge in [-0.05, 0) is 95.5 Å². The molecule has 1 saturated carbocycles. The highest BCUT2D eigenvalue weighted by atomic mass is 15.3. The Morgan fingerprint density at radius 1 is 0.750 bits per heavy atom. The van der Waals surface area contributed by atoms with Crippen molar-refractivity contribution in [2.45, 2.75) is 83.6 Å². The molecule has 1 aliphatic carbocycles. The molecule has 8 rings (SSSR count). The number of aryl methyl sites for hydroxylation is 1. The van der Waals surface area contributed by atoms with Gasteiger partial charge in [-0.1, -0.05) is 89.1 Å². The summed E-state index contributed by atoms with van der Waals surface area (Å²) in [6.45, 7) is 14.8. The number of benzene rings is 4. The second kappa shape index (κ2) is 7.84. The van der Waals surface area contributed by atoms with Crippen molar-refractivity contribution in [3.8, 4) is 0 Å². The van der Waals surface area contributed by atoms with Gasteiger partial charge in [0.05, 0.1) is 5.54 Å². The van der Waals surface area contributed by atoms with E-state index >= 15 is 0 Å². The highest BCUT2D eigenvalue weighted by Crippen LogP contribution is 2.62. The quantitative estimate of drug-likeness (QED) is 0.209. The van der Waals surface area contributed by atoms with Crippen LogP contribution in [0.15, 0.2) is 78.9 Å². The van der Waals surface area contributed by atoms with Gasteiger partial charge in [-0.3, -0.25) is 0 Å². The maximum atomic E-state index is 2.84. The van der Waals surface area contributed by atoms with E-state index in [-0.39, 0.29) is 23.1 Å². The Hall–Kier alpha value is -3.46. The normalized spacial score (nSPS) is 23.9. The molecular formula is C37H39BN2. The predicted octanol–water partition coefficient (Wildman–Crippen LogP) is 7.65. The molecule has 3 aliphatic heterocycles. The fraction of sp³-hybridized carbons (Fsp3) is 0.351. The summed E-state index contributed by atoms with van der Waals surface area (Å²) in [5.74, 6) is 0. The molecule has 2 atom stereocenters. The standard InChI is InChI=1S/C37H39BN2/c1-24-20-31-33-32(21-24)40-34-27(36(5)18-12-13-19-37(36,40)6)22-25(35(2,3)4)23-29(34)38(33)28-16-10-11-17-30(28)39(31)26-14-8-7-9-15-26/h7-11,14-17,20-23H,12-13,18-19H2,1-6H3. The van der Waals surface area contributed by atoms with E-state index in [1.165, 1.54) is 81.6 Å². The number of para-hydroxylation sites is 2. The van der Waals surface area contributed by atoms with E-state index in [4.69, 9.17) is 0 Å². The van der Waals surface area contributed by atoms with Crippen molar-refractivity contribution in [2.24, 2.45) is 0 Å². The molecule has 0 aromatic heterocycles. The number of nitrogens with zero attached hydrogens (tertiary/aromatic N) is 2. The van der Waals surface area contributed by atoms with Crippen LogP contribution in [0.3, 0.4) is 0 Å². The summed E-state index contributed by atoms with van der Waals surface area (Å²) in [6.07, 6.45) is 5.10. The van der Waals surface area contributed by atoms with E-state index in [9.17, 15) is 0 Å². The van der Waals surface area contributed by atoms with E-state index < -0.39 is 0 Å². The van der Waals surface area contributed by atoms with Gasteiger partial charge in [0.15, 0.2) is 0 Å². The Bertz CT molecular complexity index is 1700. The molecular weight excluding hydrogens is 483 g/mol. The zero-order chi connectivity index (χ0) is 27.6. The first-order chi connectivity index (χ1) is 19.1. The van der Waals surface area contributed by atoms with Crippen LogP contribution in [0, 0.1) is 6.92 Å². The van der Waals surface area contributed by atoms with Crippen molar-refractivity contribution >= 4 is 51.5 Å². The number of anilines is 5. The van der Waals surface area contributed by atoms with Crippen LogP contribution in [0.5, 0.6) is 0 Å². The van der Waals surface area contributed by atoms with Crippen LogP contribution in [0.1, 0.15) is 77.0 Å². The van der Waals surface area contributed by atoms with Gasteiger partial charge in [0.1, 0.15) is 0 Å². The van der Waals surface area contributed by atoms with Crippen LogP contribution in [0.2, 0.25) is 0 Å². The van der Waals surface area contributed by atoms with Crippen LogP contribution >= 0.6 is 0 Å². The molecule has 4 aromatic rings. The van der Waals surface area contributed by atoms with E-state index in [0.717, 1.165) is 0 Å². The van der Waals surface area contributed by atoms with E-state index in [1.54, 1.807) is 5.56 Å². The van der Waals surface area contributed by atoms with Crippen LogP contribution in [-0.4, -0.2) is 12.3 Å². The number of hydrogen-bond donors (Lipinski definition) is 0. The topological polar surface area (TPSA) is 6.48 Å². The molecule has 0 amide bonds. The number of hydrogen-bond acceptors (Lipinski definition) is 2. The van der Waals surface area contributed by atoms with E-state index in [2.05, 4.69) is 130 Å². The van der Waals surface area contributed by atoms with Crippen molar-refractivity contribution in [1.82, 2.24) is 0 Å². The van der Waals surface area contributed by atoms with Crippen molar-refractivity contribution in [2.75, 3.05) is 9.80 Å². The SMILES string of the molecule is Cc1cc2c3c(c1)N1c4c(cc(C(C)(C)C)cc4C4(C)CCCCC14C)B3c1ccccc1N2c1ccccc1. The zero-order valence-electron chi connectivity index (χ0n) is 24.8. The van der Waals surface area contributed by atoms with Crippen LogP contribution < -0.4 is 26.2 Å². The minimum Gasteiger partial charge on any atom is -0.335 e. The third kappa shape index (κ3) is 2.91. The molecule has 200 valence electrons. The predicted molar refractivity (Wildman–Crippen MR) is 172 cm³/mol. The summed E-state index contributed by atoms with van der Waals surface area (Å²) < 4.78 is 0. The van der Waals surface area contributed by atoms with Gasteiger partial charge in [0.25, 0.3) is 6.71 Å². The highest BCUT2D eigenvalue weighted by molar-refractivity contribution is 7.00. The molecule has 3 heteroatoms. The van der Waals surface area contributed by atoms with Crippen LogP contribution in [0.4, 0.5) is 28.4 Å². The summed E-state index contributed by atoms with van der Waals surface area (Å²) in [5, 5.41) is 0. The Kier molecular flexibility index (Phi) is 4.77. The summed E-state index contributed by atoms with van der Waals surface area (Å²) in [6, 6.07) is 30.3. The minimum absolute atomic E-state index is 0.0555. The van der Waals surface area contributed by atoms with E-state index in [1.807, 2.05) is 0 Å². The van der Waals surface area contributed by atoms with Crippen LogP contribution in [0.25, 0.3) is 0 Å². The number of fused-ring (bicyclic) bond motifs is 7. The zero-order valence-corrected chi connectivity index (χ0v) is 24.8. The van der Waals surface area contributed by atoms with Gasteiger partial charge >= 0.3 is 0 Å². The molecule has 2 unspecified atom stereocenters. The van der Waals surface area contributed by atoms with Gasteiger partial charge in [-0.25, -0.2) is 0 Å². The van der Waals surface area contributed by atoms with Gasteiger partial charge in [0, 0.05) is 33.9 Å². The second-order valence-electron chi connectivity index (χ2n) is 14.2. The third-order valence-corrected chi connectivity index (χ3v) is 11.0. The van der Waals surface area contributed by atoms with Crippen molar-refractivity contribution in [3.63, 3.8) is 0 Å². The molecule has 0 bridgehead atoms. The van der Waals surface area contributed by atoms with Gasteiger partial charge in [0.2, 0.25) is 0 Å². The molecule has 3 heterocycles. The lowest BCUT2D eigenvalue weighted by Crippen LogP contribution is -2.64. The molecule has 2 nitrogen and oxygen atoms in total. The Morgan fingerprint density at radius 3 is 2.23 bits per heavy atom. The average Bonchev–Trinajstić information content (AvgIpc) is 3.14. The Morgan fingerprint density at radius 2 is 1.45 bits per heavy atom.